The average molecular weight is 549 g/mol. The van der Waals surface area contributed by atoms with E-state index in [1.54, 1.807) is 41.5 Å². The molecule has 0 radical (unpaired) electrons. The lowest BCUT2D eigenvalue weighted by molar-refractivity contribution is -0.114. The fourth-order valence-electron chi connectivity index (χ4n) is 4.20. The standard InChI is InChI=1S/C26H40N6O5S/c1-17(33)29-21-30-20(16-38-21)13-10-18-8-11-19(12-9-18)27-14-15-28-26(24(2,3)4,31-22(34)35)32(23(36)37)25(5,6)7/h8-9,11-12,16,27-28,31H,10,13-15H2,1-7H3,(H,34,35)(H,36,37)(H,29,30,33). The summed E-state index contributed by atoms with van der Waals surface area (Å²) in [6.07, 6.45) is -0.999. The number of anilines is 2. The number of thiazole rings is 1. The van der Waals surface area contributed by atoms with Crippen LogP contribution in [0.1, 0.15) is 59.7 Å². The summed E-state index contributed by atoms with van der Waals surface area (Å²) in [6.45, 7) is 12.7. The number of nitrogens with one attached hydrogen (secondary N) is 4. The van der Waals surface area contributed by atoms with Gasteiger partial charge in [0.25, 0.3) is 0 Å². The second kappa shape index (κ2) is 12.4. The molecule has 0 aliphatic rings. The molecule has 12 heteroatoms. The Bertz CT molecular complexity index is 1110. The molecule has 6 N–H and O–H groups in total. The molecule has 210 valence electrons. The zero-order chi connectivity index (χ0) is 28.7. The van der Waals surface area contributed by atoms with Crippen molar-refractivity contribution in [1.82, 2.24) is 20.5 Å². The largest absolute Gasteiger partial charge is 0.465 e. The monoisotopic (exact) mass is 548 g/mol. The smallest absolute Gasteiger partial charge is 0.410 e. The quantitative estimate of drug-likeness (QED) is 0.175. The second-order valence-electron chi connectivity index (χ2n) is 11.1. The Hall–Kier alpha value is -3.38. The van der Waals surface area contributed by atoms with E-state index in [4.69, 9.17) is 0 Å². The summed E-state index contributed by atoms with van der Waals surface area (Å²) in [6, 6.07) is 7.97. The van der Waals surface area contributed by atoms with Gasteiger partial charge in [-0.3, -0.25) is 20.3 Å². The molecule has 2 rings (SSSR count). The average Bonchev–Trinajstić information content (AvgIpc) is 3.20. The van der Waals surface area contributed by atoms with E-state index in [1.165, 1.54) is 18.3 Å². The van der Waals surface area contributed by atoms with E-state index in [-0.39, 0.29) is 5.91 Å². The molecule has 1 atom stereocenters. The summed E-state index contributed by atoms with van der Waals surface area (Å²) in [5, 5.41) is 33.8. The number of hydrogen-bond donors (Lipinski definition) is 6. The third-order valence-electron chi connectivity index (χ3n) is 5.86. The molecule has 11 nitrogen and oxygen atoms in total. The second-order valence-corrected chi connectivity index (χ2v) is 11.9. The topological polar surface area (TPSA) is 156 Å². The van der Waals surface area contributed by atoms with Crippen molar-refractivity contribution >= 4 is 40.2 Å². The number of carbonyl (C=O) groups excluding carboxylic acids is 1. The van der Waals surface area contributed by atoms with Crippen LogP contribution in [0, 0.1) is 5.41 Å². The maximum Gasteiger partial charge on any atom is 0.410 e. The molecule has 2 aromatic rings. The lowest BCUT2D eigenvalue weighted by Crippen LogP contribution is -2.79. The Morgan fingerprint density at radius 3 is 2.11 bits per heavy atom. The summed E-state index contributed by atoms with van der Waals surface area (Å²) < 4.78 is 0. The lowest BCUT2D eigenvalue weighted by Gasteiger charge is -2.55. The van der Waals surface area contributed by atoms with Crippen molar-refractivity contribution in [2.75, 3.05) is 23.7 Å². The Morgan fingerprint density at radius 2 is 1.61 bits per heavy atom. The van der Waals surface area contributed by atoms with Gasteiger partial charge in [-0.2, -0.15) is 0 Å². The number of hydrogen-bond acceptors (Lipinski definition) is 7. The molecule has 1 aromatic carbocycles. The van der Waals surface area contributed by atoms with Crippen molar-refractivity contribution in [2.45, 2.75) is 72.6 Å². The van der Waals surface area contributed by atoms with Crippen molar-refractivity contribution < 1.29 is 24.6 Å². The highest BCUT2D eigenvalue weighted by molar-refractivity contribution is 7.13. The van der Waals surface area contributed by atoms with Crippen molar-refractivity contribution in [3.63, 3.8) is 0 Å². The Morgan fingerprint density at radius 1 is 0.974 bits per heavy atom. The van der Waals surface area contributed by atoms with E-state index in [1.807, 2.05) is 29.6 Å². The summed E-state index contributed by atoms with van der Waals surface area (Å²) in [5.74, 6) is -1.72. The molecule has 1 heterocycles. The van der Waals surface area contributed by atoms with Crippen molar-refractivity contribution in [2.24, 2.45) is 5.41 Å². The molecule has 0 saturated carbocycles. The number of carbonyl (C=O) groups is 3. The predicted octanol–water partition coefficient (Wildman–Crippen LogP) is 4.63. The molecular formula is C26H40N6O5S. The summed E-state index contributed by atoms with van der Waals surface area (Å²) in [7, 11) is 0. The van der Waals surface area contributed by atoms with E-state index < -0.39 is 28.9 Å². The van der Waals surface area contributed by atoms with E-state index >= 15 is 0 Å². The molecule has 0 fully saturated rings. The molecule has 1 unspecified atom stereocenters. The van der Waals surface area contributed by atoms with Gasteiger partial charge < -0.3 is 20.8 Å². The predicted molar refractivity (Wildman–Crippen MR) is 150 cm³/mol. The van der Waals surface area contributed by atoms with Crippen LogP contribution in [-0.2, 0) is 17.6 Å². The molecule has 0 aliphatic heterocycles. The van der Waals surface area contributed by atoms with Crippen molar-refractivity contribution in [3.8, 4) is 0 Å². The maximum atomic E-state index is 12.3. The zero-order valence-electron chi connectivity index (χ0n) is 23.1. The third kappa shape index (κ3) is 8.32. The van der Waals surface area contributed by atoms with Gasteiger partial charge in [-0.1, -0.05) is 32.9 Å². The number of amides is 3. The van der Waals surface area contributed by atoms with Crippen LogP contribution in [0.25, 0.3) is 0 Å². The van der Waals surface area contributed by atoms with Gasteiger partial charge in [0.2, 0.25) is 5.91 Å². The molecule has 38 heavy (non-hydrogen) atoms. The van der Waals surface area contributed by atoms with E-state index in [0.29, 0.717) is 18.2 Å². The highest BCUT2D eigenvalue weighted by Crippen LogP contribution is 2.36. The zero-order valence-corrected chi connectivity index (χ0v) is 24.0. The van der Waals surface area contributed by atoms with Gasteiger partial charge in [0.05, 0.1) is 5.69 Å². The molecule has 0 saturated heterocycles. The van der Waals surface area contributed by atoms with Crippen LogP contribution in [0.15, 0.2) is 29.6 Å². The van der Waals surface area contributed by atoms with Crippen LogP contribution in [0.3, 0.4) is 0 Å². The first-order valence-corrected chi connectivity index (χ1v) is 13.3. The number of aryl methyl sites for hydroxylation is 2. The molecule has 0 spiro atoms. The van der Waals surface area contributed by atoms with Crippen LogP contribution < -0.4 is 21.3 Å². The van der Waals surface area contributed by atoms with Gasteiger partial charge in [0.1, 0.15) is 0 Å². The Labute approximate surface area is 228 Å². The third-order valence-corrected chi connectivity index (χ3v) is 6.67. The number of aromatic nitrogens is 1. The van der Waals surface area contributed by atoms with Crippen LogP contribution in [0.5, 0.6) is 0 Å². The normalized spacial score (nSPS) is 13.3. The minimum atomic E-state index is -1.58. The molecule has 1 aromatic heterocycles. The van der Waals surface area contributed by atoms with Gasteiger partial charge in [-0.25, -0.2) is 14.6 Å². The Balaban J connectivity index is 2.02. The van der Waals surface area contributed by atoms with Crippen LogP contribution in [-0.4, -0.2) is 62.6 Å². The van der Waals surface area contributed by atoms with Crippen molar-refractivity contribution in [1.29, 1.82) is 0 Å². The van der Waals surface area contributed by atoms with E-state index in [9.17, 15) is 24.6 Å². The van der Waals surface area contributed by atoms with Gasteiger partial charge in [-0.15, -0.1) is 11.3 Å². The summed E-state index contributed by atoms with van der Waals surface area (Å²) >= 11 is 1.41. The van der Waals surface area contributed by atoms with Gasteiger partial charge in [-0.05, 0) is 51.3 Å². The number of nitrogens with zero attached hydrogens (tertiary/aromatic N) is 2. The minimum Gasteiger partial charge on any atom is -0.465 e. The first-order valence-electron chi connectivity index (χ1n) is 12.4. The molecule has 3 amide bonds. The highest BCUT2D eigenvalue weighted by Gasteiger charge is 2.54. The minimum absolute atomic E-state index is 0.139. The molecule has 0 aliphatic carbocycles. The number of carboxylic acid groups (broad SMARTS) is 2. The van der Waals surface area contributed by atoms with Crippen molar-refractivity contribution in [3.05, 3.63) is 40.9 Å². The van der Waals surface area contributed by atoms with E-state index in [2.05, 4.69) is 26.3 Å². The van der Waals surface area contributed by atoms with Crippen LogP contribution in [0.4, 0.5) is 20.4 Å². The number of rotatable bonds is 11. The maximum absolute atomic E-state index is 12.3. The molecular weight excluding hydrogens is 508 g/mol. The lowest BCUT2D eigenvalue weighted by atomic mass is 9.83. The first kappa shape index (κ1) is 30.8. The van der Waals surface area contributed by atoms with Crippen LogP contribution in [0.2, 0.25) is 0 Å². The summed E-state index contributed by atoms with van der Waals surface area (Å²) in [5.41, 5.74) is 1.24. The summed E-state index contributed by atoms with van der Waals surface area (Å²) in [4.78, 5) is 40.8. The van der Waals surface area contributed by atoms with E-state index in [0.717, 1.165) is 34.7 Å². The Kier molecular flexibility index (Phi) is 10.1. The molecule has 0 bridgehead atoms. The fourth-order valence-corrected chi connectivity index (χ4v) is 4.99. The number of benzene rings is 1. The first-order chi connectivity index (χ1) is 17.5. The fraction of sp³-hybridized carbons (Fsp3) is 0.538. The van der Waals surface area contributed by atoms with Gasteiger partial charge in [0, 0.05) is 42.0 Å². The highest BCUT2D eigenvalue weighted by atomic mass is 32.1. The van der Waals surface area contributed by atoms with Crippen LogP contribution >= 0.6 is 11.3 Å². The van der Waals surface area contributed by atoms with Gasteiger partial charge in [0.15, 0.2) is 10.9 Å². The van der Waals surface area contributed by atoms with Gasteiger partial charge >= 0.3 is 12.2 Å². The SMILES string of the molecule is CC(=O)Nc1nc(CCc2ccc(NCCNC(NC(=O)O)(N(C(=O)O)C(C)(C)C)C(C)(C)C)cc2)cs1.